The molecule has 30 heavy (non-hydrogen) atoms. The zero-order chi connectivity index (χ0) is 21.1. The normalized spacial score (nSPS) is 11.2. The molecule has 2 heterocycles. The fraction of sp³-hybridized carbons (Fsp3) is 0.0476. The van der Waals surface area contributed by atoms with Gasteiger partial charge in [-0.3, -0.25) is 9.89 Å². The Morgan fingerprint density at radius 3 is 2.77 bits per heavy atom. The van der Waals surface area contributed by atoms with Gasteiger partial charge in [-0.1, -0.05) is 35.0 Å². The maximum absolute atomic E-state index is 13.1. The molecule has 0 spiro atoms. The van der Waals surface area contributed by atoms with Gasteiger partial charge in [0, 0.05) is 16.7 Å². The second-order valence-electron chi connectivity index (χ2n) is 6.35. The number of nitrogens with zero attached hydrogens (tertiary/aromatic N) is 3. The highest BCUT2D eigenvalue weighted by Gasteiger charge is 2.22. The fourth-order valence-electron chi connectivity index (χ4n) is 2.93. The van der Waals surface area contributed by atoms with Gasteiger partial charge < -0.3 is 4.52 Å². The number of H-pyrrole nitrogens is 1. The molecule has 4 aromatic rings. The lowest BCUT2D eigenvalue weighted by molar-refractivity contribution is 0.0954. The van der Waals surface area contributed by atoms with Crippen molar-refractivity contribution in [3.8, 4) is 22.5 Å². The summed E-state index contributed by atoms with van der Waals surface area (Å²) < 4.78 is 18.3. The molecule has 0 saturated heterocycles. The Kier molecular flexibility index (Phi) is 5.40. The second kappa shape index (κ2) is 8.30. The van der Waals surface area contributed by atoms with Gasteiger partial charge in [-0.05, 0) is 37.3 Å². The average molecular weight is 424 g/mol. The molecule has 150 valence electrons. The molecule has 9 heteroatoms. The summed E-state index contributed by atoms with van der Waals surface area (Å²) in [5.41, 5.74) is 5.62. The number of nitrogens with one attached hydrogen (secondary N) is 2. The zero-order valence-corrected chi connectivity index (χ0v) is 16.4. The van der Waals surface area contributed by atoms with Crippen LogP contribution in [0.3, 0.4) is 0 Å². The highest BCUT2D eigenvalue weighted by molar-refractivity contribution is 6.33. The number of aryl methyl sites for hydroxylation is 1. The van der Waals surface area contributed by atoms with E-state index in [0.29, 0.717) is 33.3 Å². The Morgan fingerprint density at radius 2 is 2.00 bits per heavy atom. The lowest BCUT2D eigenvalue weighted by Crippen LogP contribution is -2.19. The molecule has 7 nitrogen and oxygen atoms in total. The van der Waals surface area contributed by atoms with Crippen LogP contribution in [-0.2, 0) is 0 Å². The van der Waals surface area contributed by atoms with Crippen molar-refractivity contribution in [3.63, 3.8) is 0 Å². The Labute approximate surface area is 175 Å². The Hall–Kier alpha value is -3.78. The first-order valence-corrected chi connectivity index (χ1v) is 9.26. The van der Waals surface area contributed by atoms with Crippen LogP contribution in [0.2, 0.25) is 5.02 Å². The smallest absolute Gasteiger partial charge is 0.277 e. The van der Waals surface area contributed by atoms with Crippen LogP contribution in [-0.4, -0.2) is 27.5 Å². The molecule has 2 aromatic carbocycles. The van der Waals surface area contributed by atoms with E-state index in [1.807, 2.05) is 0 Å². The van der Waals surface area contributed by atoms with E-state index in [1.54, 1.807) is 49.5 Å². The van der Waals surface area contributed by atoms with Crippen LogP contribution in [0.25, 0.3) is 22.5 Å². The summed E-state index contributed by atoms with van der Waals surface area (Å²) >= 11 is 6.23. The maximum Gasteiger partial charge on any atom is 0.277 e. The van der Waals surface area contributed by atoms with Crippen LogP contribution in [0.4, 0.5) is 4.39 Å². The number of carbonyl (C=O) groups excluding carboxylic acids is 1. The van der Waals surface area contributed by atoms with E-state index in [0.717, 1.165) is 5.56 Å². The molecular weight excluding hydrogens is 409 g/mol. The van der Waals surface area contributed by atoms with E-state index in [4.69, 9.17) is 16.1 Å². The summed E-state index contributed by atoms with van der Waals surface area (Å²) in [6.07, 6.45) is 2.99. The van der Waals surface area contributed by atoms with Gasteiger partial charge in [0.15, 0.2) is 0 Å². The highest BCUT2D eigenvalue weighted by atomic mass is 35.5. The first-order chi connectivity index (χ1) is 14.5. The van der Waals surface area contributed by atoms with Crippen molar-refractivity contribution in [3.05, 3.63) is 82.5 Å². The van der Waals surface area contributed by atoms with Crippen LogP contribution >= 0.6 is 11.6 Å². The number of hydrogen-bond acceptors (Lipinski definition) is 5. The van der Waals surface area contributed by atoms with Crippen molar-refractivity contribution < 1.29 is 13.7 Å². The van der Waals surface area contributed by atoms with E-state index < -0.39 is 5.91 Å². The van der Waals surface area contributed by atoms with Crippen molar-refractivity contribution in [2.45, 2.75) is 6.92 Å². The lowest BCUT2D eigenvalue weighted by atomic mass is 10.1. The molecule has 1 amide bonds. The molecule has 2 N–H and O–H groups in total. The summed E-state index contributed by atoms with van der Waals surface area (Å²) in [5, 5.41) is 15.3. The monoisotopic (exact) mass is 423 g/mol. The van der Waals surface area contributed by atoms with Gasteiger partial charge in [0.1, 0.15) is 22.8 Å². The quantitative estimate of drug-likeness (QED) is 0.362. The molecule has 0 bridgehead atoms. The first kappa shape index (κ1) is 19.5. The number of halogens is 2. The minimum Gasteiger partial charge on any atom is -0.360 e. The fourth-order valence-corrected chi connectivity index (χ4v) is 3.16. The van der Waals surface area contributed by atoms with Gasteiger partial charge in [0.05, 0.1) is 23.1 Å². The molecule has 0 aliphatic rings. The summed E-state index contributed by atoms with van der Waals surface area (Å²) in [6.45, 7) is 1.63. The number of amides is 1. The van der Waals surface area contributed by atoms with Crippen molar-refractivity contribution in [1.29, 1.82) is 0 Å². The van der Waals surface area contributed by atoms with E-state index >= 15 is 0 Å². The van der Waals surface area contributed by atoms with E-state index in [2.05, 4.69) is 25.9 Å². The van der Waals surface area contributed by atoms with Crippen molar-refractivity contribution >= 4 is 23.7 Å². The van der Waals surface area contributed by atoms with Gasteiger partial charge in [-0.2, -0.15) is 10.2 Å². The largest absolute Gasteiger partial charge is 0.360 e. The predicted octanol–water partition coefficient (Wildman–Crippen LogP) is 4.60. The van der Waals surface area contributed by atoms with Gasteiger partial charge in [0.25, 0.3) is 5.91 Å². The number of benzene rings is 2. The minimum absolute atomic E-state index is 0.242. The van der Waals surface area contributed by atoms with Gasteiger partial charge >= 0.3 is 0 Å². The van der Waals surface area contributed by atoms with E-state index in [1.165, 1.54) is 18.3 Å². The molecule has 2 aromatic heterocycles. The molecule has 0 unspecified atom stereocenters. The zero-order valence-electron chi connectivity index (χ0n) is 15.7. The molecule has 0 atom stereocenters. The Balaban J connectivity index is 1.55. The molecule has 0 aliphatic heterocycles. The van der Waals surface area contributed by atoms with Crippen molar-refractivity contribution in [2.75, 3.05) is 0 Å². The minimum atomic E-state index is -0.494. The molecule has 0 saturated carbocycles. The van der Waals surface area contributed by atoms with Crippen LogP contribution in [0.5, 0.6) is 0 Å². The third kappa shape index (κ3) is 3.85. The van der Waals surface area contributed by atoms with Gasteiger partial charge in [0.2, 0.25) is 0 Å². The third-order valence-corrected chi connectivity index (χ3v) is 4.72. The summed E-state index contributed by atoms with van der Waals surface area (Å²) in [5.74, 6) is -0.487. The van der Waals surface area contributed by atoms with Crippen LogP contribution < -0.4 is 5.43 Å². The second-order valence-corrected chi connectivity index (χ2v) is 6.76. The first-order valence-electron chi connectivity index (χ1n) is 8.88. The number of hydrogen-bond donors (Lipinski definition) is 2. The number of rotatable bonds is 5. The third-order valence-electron chi connectivity index (χ3n) is 4.39. The van der Waals surface area contributed by atoms with Crippen LogP contribution in [0.1, 0.15) is 21.7 Å². The molecule has 0 radical (unpaired) electrons. The maximum atomic E-state index is 13.1. The summed E-state index contributed by atoms with van der Waals surface area (Å²) in [4.78, 5) is 12.7. The standard InChI is InChI=1S/C21H15ClFN5O2/c1-12-18(20(28-30-12)16-4-2-3-5-17(16)22)21(29)27-25-11-14-10-24-26-19(14)13-6-8-15(23)9-7-13/h2-11H,1H3,(H,24,26)(H,27,29)/b25-11+. The van der Waals surface area contributed by atoms with Crippen LogP contribution in [0.15, 0.2) is 64.4 Å². The SMILES string of the molecule is Cc1onc(-c2ccccc2Cl)c1C(=O)N/N=C/c1cn[nH]c1-c1ccc(F)cc1. The number of hydrazone groups is 1. The van der Waals surface area contributed by atoms with Gasteiger partial charge in [-0.15, -0.1) is 0 Å². The average Bonchev–Trinajstić information content (AvgIpc) is 3.35. The van der Waals surface area contributed by atoms with Crippen LogP contribution in [0, 0.1) is 12.7 Å². The Bertz CT molecular complexity index is 1230. The van der Waals surface area contributed by atoms with Crippen molar-refractivity contribution in [2.24, 2.45) is 5.10 Å². The molecule has 0 aliphatic carbocycles. The van der Waals surface area contributed by atoms with E-state index in [9.17, 15) is 9.18 Å². The summed E-state index contributed by atoms with van der Waals surface area (Å²) in [7, 11) is 0. The Morgan fingerprint density at radius 1 is 1.23 bits per heavy atom. The molecule has 0 fully saturated rings. The number of aromatic amines is 1. The summed E-state index contributed by atoms with van der Waals surface area (Å²) in [6, 6.07) is 13.0. The highest BCUT2D eigenvalue weighted by Crippen LogP contribution is 2.30. The lowest BCUT2D eigenvalue weighted by Gasteiger charge is -2.03. The van der Waals surface area contributed by atoms with Gasteiger partial charge in [-0.25, -0.2) is 9.82 Å². The number of carbonyl (C=O) groups is 1. The predicted molar refractivity (Wildman–Crippen MR) is 111 cm³/mol. The topological polar surface area (TPSA) is 96.2 Å². The number of aromatic nitrogens is 3. The van der Waals surface area contributed by atoms with E-state index in [-0.39, 0.29) is 11.4 Å². The molecular formula is C21H15ClFN5O2. The molecule has 4 rings (SSSR count). The van der Waals surface area contributed by atoms with Crippen molar-refractivity contribution in [1.82, 2.24) is 20.8 Å².